The third-order valence-corrected chi connectivity index (χ3v) is 2.56. The number of allylic oxidation sites excluding steroid dienone is 3. The summed E-state index contributed by atoms with van der Waals surface area (Å²) >= 11 is 0. The fourth-order valence-electron chi connectivity index (χ4n) is 1.47. The van der Waals surface area contributed by atoms with Gasteiger partial charge in [-0.1, -0.05) is 23.3 Å². The summed E-state index contributed by atoms with van der Waals surface area (Å²) in [6.07, 6.45) is 7.13. The number of carbonyl (C=O) groups is 1. The third-order valence-electron chi connectivity index (χ3n) is 2.56. The summed E-state index contributed by atoms with van der Waals surface area (Å²) < 4.78 is 5.13. The van der Waals surface area contributed by atoms with Gasteiger partial charge in [0.25, 0.3) is 0 Å². The van der Waals surface area contributed by atoms with Crippen LogP contribution in [0.5, 0.6) is 0 Å². The average molecular weight is 208 g/mol. The van der Waals surface area contributed by atoms with E-state index in [0.717, 1.165) is 19.3 Å². The lowest BCUT2D eigenvalue weighted by Crippen LogP contribution is -2.39. The number of ether oxygens (including phenoxy) is 1. The zero-order valence-corrected chi connectivity index (χ0v) is 9.88. The fraction of sp³-hybridized carbons (Fsp3) is 0.615. The highest BCUT2D eigenvalue weighted by Gasteiger charge is 2.27. The normalized spacial score (nSPS) is 21.1. The van der Waals surface area contributed by atoms with E-state index in [1.165, 1.54) is 11.1 Å². The van der Waals surface area contributed by atoms with Crippen LogP contribution in [0.3, 0.4) is 0 Å². The highest BCUT2D eigenvalue weighted by atomic mass is 16.5. The molecule has 1 unspecified atom stereocenters. The second-order valence-electron chi connectivity index (χ2n) is 4.37. The van der Waals surface area contributed by atoms with Crippen molar-refractivity contribution in [3.8, 4) is 0 Å². The zero-order valence-electron chi connectivity index (χ0n) is 9.88. The predicted octanol–water partition coefficient (Wildman–Crippen LogP) is 3.04. The minimum absolute atomic E-state index is 0.150. The highest BCUT2D eigenvalue weighted by molar-refractivity contribution is 5.88. The molecule has 0 amide bonds. The molecule has 0 aromatic rings. The molecule has 0 aromatic heterocycles. The van der Waals surface area contributed by atoms with Gasteiger partial charge in [0.2, 0.25) is 0 Å². The number of rotatable bonds is 5. The molecule has 1 heterocycles. The Balaban J connectivity index is 2.21. The Morgan fingerprint density at radius 1 is 1.40 bits per heavy atom. The maximum absolute atomic E-state index is 11.0. The van der Waals surface area contributed by atoms with Crippen molar-refractivity contribution >= 4 is 5.78 Å². The van der Waals surface area contributed by atoms with Crippen LogP contribution in [0, 0.1) is 0 Å². The SMILES string of the molecule is CC(C)=CCC/C(C)=C/CC1OCC1=O. The van der Waals surface area contributed by atoms with E-state index in [1.807, 2.05) is 0 Å². The van der Waals surface area contributed by atoms with Gasteiger partial charge in [-0.3, -0.25) is 4.79 Å². The van der Waals surface area contributed by atoms with E-state index < -0.39 is 0 Å². The van der Waals surface area contributed by atoms with Crippen LogP contribution in [-0.2, 0) is 9.53 Å². The first-order valence-electron chi connectivity index (χ1n) is 5.53. The molecule has 0 saturated carbocycles. The quantitative estimate of drug-likeness (QED) is 0.649. The predicted molar refractivity (Wildman–Crippen MR) is 61.8 cm³/mol. The van der Waals surface area contributed by atoms with Crippen molar-refractivity contribution in [2.75, 3.05) is 6.61 Å². The molecule has 0 aromatic carbocycles. The van der Waals surface area contributed by atoms with E-state index >= 15 is 0 Å². The maximum atomic E-state index is 11.0. The zero-order chi connectivity index (χ0) is 11.3. The molecule has 1 saturated heterocycles. The largest absolute Gasteiger partial charge is 0.362 e. The lowest BCUT2D eigenvalue weighted by molar-refractivity contribution is -0.153. The van der Waals surface area contributed by atoms with Crippen molar-refractivity contribution in [3.63, 3.8) is 0 Å². The van der Waals surface area contributed by atoms with E-state index in [4.69, 9.17) is 4.74 Å². The van der Waals surface area contributed by atoms with Gasteiger partial charge in [-0.2, -0.15) is 0 Å². The first-order valence-corrected chi connectivity index (χ1v) is 5.53. The molecule has 1 rings (SSSR count). The minimum Gasteiger partial charge on any atom is -0.362 e. The first-order chi connectivity index (χ1) is 7.09. The van der Waals surface area contributed by atoms with Crippen LogP contribution in [-0.4, -0.2) is 18.5 Å². The topological polar surface area (TPSA) is 26.3 Å². The second kappa shape index (κ2) is 5.86. The van der Waals surface area contributed by atoms with E-state index in [9.17, 15) is 4.79 Å². The Morgan fingerprint density at radius 3 is 2.60 bits per heavy atom. The van der Waals surface area contributed by atoms with Crippen LogP contribution < -0.4 is 0 Å². The van der Waals surface area contributed by atoms with Gasteiger partial charge < -0.3 is 4.74 Å². The van der Waals surface area contributed by atoms with Gasteiger partial charge >= 0.3 is 0 Å². The summed E-state index contributed by atoms with van der Waals surface area (Å²) in [6, 6.07) is 0. The Labute approximate surface area is 92.0 Å². The Bertz CT molecular complexity index is 283. The van der Waals surface area contributed by atoms with Crippen molar-refractivity contribution in [1.29, 1.82) is 0 Å². The summed E-state index contributed by atoms with van der Waals surface area (Å²) in [4.78, 5) is 11.0. The molecule has 0 spiro atoms. The van der Waals surface area contributed by atoms with E-state index in [1.54, 1.807) is 0 Å². The molecule has 2 heteroatoms. The van der Waals surface area contributed by atoms with Crippen LogP contribution in [0.2, 0.25) is 0 Å². The van der Waals surface area contributed by atoms with E-state index in [0.29, 0.717) is 6.61 Å². The van der Waals surface area contributed by atoms with Crippen molar-refractivity contribution in [3.05, 3.63) is 23.3 Å². The second-order valence-corrected chi connectivity index (χ2v) is 4.37. The van der Waals surface area contributed by atoms with Crippen molar-refractivity contribution in [2.24, 2.45) is 0 Å². The van der Waals surface area contributed by atoms with Gasteiger partial charge in [0.15, 0.2) is 5.78 Å². The number of hydrogen-bond donors (Lipinski definition) is 0. The lowest BCUT2D eigenvalue weighted by Gasteiger charge is -2.23. The lowest BCUT2D eigenvalue weighted by atomic mass is 10.0. The van der Waals surface area contributed by atoms with E-state index in [2.05, 4.69) is 32.9 Å². The van der Waals surface area contributed by atoms with Crippen molar-refractivity contribution < 1.29 is 9.53 Å². The Hall–Kier alpha value is -0.890. The van der Waals surface area contributed by atoms with Crippen LogP contribution >= 0.6 is 0 Å². The van der Waals surface area contributed by atoms with Gasteiger partial charge in [-0.25, -0.2) is 0 Å². The smallest absolute Gasteiger partial charge is 0.187 e. The number of Topliss-reactive ketones (excluding diaryl/α,β-unsaturated/α-hetero) is 1. The van der Waals surface area contributed by atoms with Crippen LogP contribution in [0.1, 0.15) is 40.0 Å². The van der Waals surface area contributed by atoms with Gasteiger partial charge in [-0.15, -0.1) is 0 Å². The molecule has 1 aliphatic rings. The Kier molecular flexibility index (Phi) is 4.76. The summed E-state index contributed by atoms with van der Waals surface area (Å²) in [5, 5.41) is 0. The molecule has 15 heavy (non-hydrogen) atoms. The molecular formula is C13H20O2. The maximum Gasteiger partial charge on any atom is 0.187 e. The average Bonchev–Trinajstić information content (AvgIpc) is 2.15. The van der Waals surface area contributed by atoms with Crippen LogP contribution in [0.25, 0.3) is 0 Å². The monoisotopic (exact) mass is 208 g/mol. The fourth-order valence-corrected chi connectivity index (χ4v) is 1.47. The van der Waals surface area contributed by atoms with Gasteiger partial charge in [0.05, 0.1) is 0 Å². The summed E-state index contributed by atoms with van der Waals surface area (Å²) in [6.45, 7) is 6.65. The molecule has 0 bridgehead atoms. The number of carbonyl (C=O) groups excluding carboxylic acids is 1. The molecule has 1 aliphatic heterocycles. The van der Waals surface area contributed by atoms with Crippen molar-refractivity contribution in [2.45, 2.75) is 46.1 Å². The molecule has 0 aliphatic carbocycles. The number of hydrogen-bond acceptors (Lipinski definition) is 2. The highest BCUT2D eigenvalue weighted by Crippen LogP contribution is 2.14. The summed E-state index contributed by atoms with van der Waals surface area (Å²) in [7, 11) is 0. The van der Waals surface area contributed by atoms with E-state index in [-0.39, 0.29) is 11.9 Å². The van der Waals surface area contributed by atoms with Gasteiger partial charge in [-0.05, 0) is 40.0 Å². The van der Waals surface area contributed by atoms with Gasteiger partial charge in [0, 0.05) is 0 Å². The van der Waals surface area contributed by atoms with Gasteiger partial charge in [0.1, 0.15) is 12.7 Å². The van der Waals surface area contributed by atoms with Crippen LogP contribution in [0.4, 0.5) is 0 Å². The standard InChI is InChI=1S/C13H20O2/c1-10(2)5-4-6-11(3)7-8-13-12(14)9-15-13/h5,7,13H,4,6,8-9H2,1-3H3/b11-7+. The number of ketones is 1. The molecule has 0 radical (unpaired) electrons. The molecule has 0 N–H and O–H groups in total. The molecule has 1 atom stereocenters. The Morgan fingerprint density at radius 2 is 2.13 bits per heavy atom. The summed E-state index contributed by atoms with van der Waals surface area (Å²) in [5.74, 6) is 0.239. The third kappa shape index (κ3) is 4.43. The molecular weight excluding hydrogens is 188 g/mol. The van der Waals surface area contributed by atoms with Crippen LogP contribution in [0.15, 0.2) is 23.3 Å². The minimum atomic E-state index is -0.150. The summed E-state index contributed by atoms with van der Waals surface area (Å²) in [5.41, 5.74) is 2.70. The van der Waals surface area contributed by atoms with Crippen molar-refractivity contribution in [1.82, 2.24) is 0 Å². The first kappa shape index (κ1) is 12.2. The molecule has 1 fully saturated rings. The molecule has 2 nitrogen and oxygen atoms in total. The molecule has 84 valence electrons.